The first kappa shape index (κ1) is 12.4. The van der Waals surface area contributed by atoms with E-state index in [9.17, 15) is 9.59 Å². The minimum Gasteiger partial charge on any atom is -0.456 e. The number of furan rings is 1. The van der Waals surface area contributed by atoms with Crippen LogP contribution in [-0.4, -0.2) is 11.7 Å². The average molecular weight is 267 g/mol. The molecule has 0 unspecified atom stereocenters. The summed E-state index contributed by atoms with van der Waals surface area (Å²) in [6.45, 7) is 1.40. The molecule has 2 aromatic carbocycles. The molecular formula is C16H13NO3. The van der Waals surface area contributed by atoms with E-state index in [1.807, 2.05) is 36.4 Å². The summed E-state index contributed by atoms with van der Waals surface area (Å²) in [6, 6.07) is 13.2. The fourth-order valence-electron chi connectivity index (χ4n) is 2.24. The number of nitrogens with one attached hydrogen (secondary N) is 1. The molecule has 100 valence electrons. The third-order valence-corrected chi connectivity index (χ3v) is 3.07. The molecule has 3 aromatic rings. The number of carbonyl (C=O) groups excluding carboxylic acids is 2. The van der Waals surface area contributed by atoms with E-state index in [4.69, 9.17) is 4.42 Å². The highest BCUT2D eigenvalue weighted by atomic mass is 16.3. The first-order valence-corrected chi connectivity index (χ1v) is 6.34. The molecule has 0 saturated heterocycles. The molecule has 0 spiro atoms. The van der Waals surface area contributed by atoms with E-state index in [2.05, 4.69) is 5.32 Å². The van der Waals surface area contributed by atoms with Crippen LogP contribution in [0.3, 0.4) is 0 Å². The largest absolute Gasteiger partial charge is 0.456 e. The van der Waals surface area contributed by atoms with E-state index in [1.54, 1.807) is 6.07 Å². The lowest BCUT2D eigenvalue weighted by Gasteiger charge is -2.03. The number of Topliss-reactive ketones (excluding diaryl/α,β-unsaturated/α-hetero) is 1. The molecule has 1 aromatic heterocycles. The van der Waals surface area contributed by atoms with Gasteiger partial charge in [0.15, 0.2) is 0 Å². The molecule has 0 aliphatic carbocycles. The third kappa shape index (κ3) is 2.28. The lowest BCUT2D eigenvalue weighted by molar-refractivity contribution is -0.124. The van der Waals surface area contributed by atoms with Gasteiger partial charge in [-0.05, 0) is 31.2 Å². The quantitative estimate of drug-likeness (QED) is 0.739. The van der Waals surface area contributed by atoms with Gasteiger partial charge in [-0.1, -0.05) is 18.2 Å². The Balaban J connectivity index is 1.99. The molecule has 4 heteroatoms. The maximum absolute atomic E-state index is 11.6. The van der Waals surface area contributed by atoms with Crippen molar-refractivity contribution in [3.8, 4) is 0 Å². The number of hydrogen-bond donors (Lipinski definition) is 1. The Morgan fingerprint density at radius 3 is 2.60 bits per heavy atom. The van der Waals surface area contributed by atoms with Crippen LogP contribution in [0.4, 0.5) is 5.69 Å². The molecule has 0 aliphatic heterocycles. The van der Waals surface area contributed by atoms with Gasteiger partial charge in [0.1, 0.15) is 16.9 Å². The van der Waals surface area contributed by atoms with Crippen LogP contribution in [0.2, 0.25) is 0 Å². The second kappa shape index (κ2) is 4.81. The number of amides is 1. The predicted octanol–water partition coefficient (Wildman–Crippen LogP) is 3.50. The first-order chi connectivity index (χ1) is 9.63. The molecule has 0 radical (unpaired) electrons. The van der Waals surface area contributed by atoms with E-state index in [-0.39, 0.29) is 18.1 Å². The van der Waals surface area contributed by atoms with Crippen LogP contribution in [0, 0.1) is 0 Å². The summed E-state index contributed by atoms with van der Waals surface area (Å²) in [4.78, 5) is 22.5. The number of hydrogen-bond acceptors (Lipinski definition) is 3. The molecule has 1 amide bonds. The topological polar surface area (TPSA) is 59.3 Å². The highest BCUT2D eigenvalue weighted by Gasteiger charge is 2.09. The van der Waals surface area contributed by atoms with Crippen LogP contribution in [0.15, 0.2) is 46.9 Å². The minimum absolute atomic E-state index is 0.107. The molecule has 1 N–H and O–H groups in total. The minimum atomic E-state index is -0.301. The summed E-state index contributed by atoms with van der Waals surface area (Å²) in [6.07, 6.45) is -0.107. The summed E-state index contributed by atoms with van der Waals surface area (Å²) in [5.41, 5.74) is 2.25. The zero-order chi connectivity index (χ0) is 14.1. The van der Waals surface area contributed by atoms with Gasteiger partial charge in [0.05, 0.1) is 6.42 Å². The van der Waals surface area contributed by atoms with Gasteiger partial charge in [0, 0.05) is 16.5 Å². The maximum atomic E-state index is 11.6. The standard InChI is InChI=1S/C16H13NO3/c1-10(18)8-16(19)17-11-6-7-15-13(9-11)12-4-2-3-5-14(12)20-15/h2-7,9H,8H2,1H3,(H,17,19). The zero-order valence-corrected chi connectivity index (χ0v) is 11.0. The van der Waals surface area contributed by atoms with Crippen molar-refractivity contribution in [2.75, 3.05) is 5.32 Å². The van der Waals surface area contributed by atoms with Gasteiger partial charge in [-0.15, -0.1) is 0 Å². The molecule has 0 bridgehead atoms. The smallest absolute Gasteiger partial charge is 0.231 e. The van der Waals surface area contributed by atoms with Gasteiger partial charge in [-0.3, -0.25) is 9.59 Å². The molecule has 20 heavy (non-hydrogen) atoms. The van der Waals surface area contributed by atoms with Gasteiger partial charge >= 0.3 is 0 Å². The molecule has 0 aliphatic rings. The van der Waals surface area contributed by atoms with Crippen molar-refractivity contribution >= 4 is 39.3 Å². The van der Waals surface area contributed by atoms with E-state index in [1.165, 1.54) is 6.92 Å². The molecule has 0 fully saturated rings. The number of ketones is 1. The number of fused-ring (bicyclic) bond motifs is 3. The Hall–Kier alpha value is -2.62. The highest BCUT2D eigenvalue weighted by molar-refractivity contribution is 6.08. The molecule has 3 rings (SSSR count). The Labute approximate surface area is 115 Å². The lowest BCUT2D eigenvalue weighted by Crippen LogP contribution is -2.14. The van der Waals surface area contributed by atoms with Crippen molar-refractivity contribution in [3.05, 3.63) is 42.5 Å². The van der Waals surface area contributed by atoms with Crippen LogP contribution >= 0.6 is 0 Å². The fraction of sp³-hybridized carbons (Fsp3) is 0.125. The summed E-state index contributed by atoms with van der Waals surface area (Å²) in [5, 5.41) is 4.67. The Kier molecular flexibility index (Phi) is 2.99. The lowest BCUT2D eigenvalue weighted by atomic mass is 10.1. The van der Waals surface area contributed by atoms with Gasteiger partial charge in [-0.2, -0.15) is 0 Å². The summed E-state index contributed by atoms with van der Waals surface area (Å²) in [5.74, 6) is -0.456. The van der Waals surface area contributed by atoms with Crippen LogP contribution in [-0.2, 0) is 9.59 Å². The molecule has 1 heterocycles. The van der Waals surface area contributed by atoms with E-state index >= 15 is 0 Å². The average Bonchev–Trinajstić information content (AvgIpc) is 2.76. The van der Waals surface area contributed by atoms with Gasteiger partial charge < -0.3 is 9.73 Å². The normalized spacial score (nSPS) is 10.8. The number of benzene rings is 2. The molecule has 4 nitrogen and oxygen atoms in total. The Morgan fingerprint density at radius 1 is 1.05 bits per heavy atom. The summed E-state index contributed by atoms with van der Waals surface area (Å²) >= 11 is 0. The van der Waals surface area contributed by atoms with Gasteiger partial charge in [0.25, 0.3) is 0 Å². The van der Waals surface area contributed by atoms with Crippen LogP contribution in [0.1, 0.15) is 13.3 Å². The summed E-state index contributed by atoms with van der Waals surface area (Å²) < 4.78 is 5.71. The SMILES string of the molecule is CC(=O)CC(=O)Nc1ccc2oc3ccccc3c2c1. The van der Waals surface area contributed by atoms with Gasteiger partial charge in [-0.25, -0.2) is 0 Å². The van der Waals surface area contributed by atoms with E-state index < -0.39 is 0 Å². The first-order valence-electron chi connectivity index (χ1n) is 6.34. The number of para-hydroxylation sites is 1. The third-order valence-electron chi connectivity index (χ3n) is 3.07. The van der Waals surface area contributed by atoms with Crippen molar-refractivity contribution in [2.45, 2.75) is 13.3 Å². The molecule has 0 atom stereocenters. The Bertz CT molecular complexity index is 817. The predicted molar refractivity (Wildman–Crippen MR) is 77.6 cm³/mol. The second-order valence-electron chi connectivity index (χ2n) is 4.74. The zero-order valence-electron chi connectivity index (χ0n) is 11.0. The number of anilines is 1. The number of rotatable bonds is 3. The fourth-order valence-corrected chi connectivity index (χ4v) is 2.24. The molecule has 0 saturated carbocycles. The van der Waals surface area contributed by atoms with E-state index in [0.717, 1.165) is 21.9 Å². The van der Waals surface area contributed by atoms with Gasteiger partial charge in [0.2, 0.25) is 5.91 Å². The monoisotopic (exact) mass is 267 g/mol. The Morgan fingerprint density at radius 2 is 1.80 bits per heavy atom. The highest BCUT2D eigenvalue weighted by Crippen LogP contribution is 2.30. The van der Waals surface area contributed by atoms with Crippen LogP contribution in [0.5, 0.6) is 0 Å². The van der Waals surface area contributed by atoms with Crippen molar-refractivity contribution in [1.82, 2.24) is 0 Å². The maximum Gasteiger partial charge on any atom is 0.231 e. The molecular weight excluding hydrogens is 254 g/mol. The van der Waals surface area contributed by atoms with Crippen molar-refractivity contribution in [3.63, 3.8) is 0 Å². The number of carbonyl (C=O) groups is 2. The van der Waals surface area contributed by atoms with E-state index in [0.29, 0.717) is 5.69 Å². The van der Waals surface area contributed by atoms with Crippen molar-refractivity contribution < 1.29 is 14.0 Å². The second-order valence-corrected chi connectivity index (χ2v) is 4.74. The summed E-state index contributed by atoms with van der Waals surface area (Å²) in [7, 11) is 0. The van der Waals surface area contributed by atoms with Crippen LogP contribution in [0.25, 0.3) is 21.9 Å². The van der Waals surface area contributed by atoms with Crippen molar-refractivity contribution in [1.29, 1.82) is 0 Å². The van der Waals surface area contributed by atoms with Crippen molar-refractivity contribution in [2.24, 2.45) is 0 Å². The van der Waals surface area contributed by atoms with Crippen LogP contribution < -0.4 is 5.32 Å².